The molecule has 1 heterocycles. The molecule has 3 N–H and O–H groups in total. The topological polar surface area (TPSA) is 51.2 Å². The highest BCUT2D eigenvalue weighted by Crippen LogP contribution is 2.28. The van der Waals surface area contributed by atoms with Crippen molar-refractivity contribution in [1.82, 2.24) is 5.43 Å². The van der Waals surface area contributed by atoms with Crippen LogP contribution in [0, 0.1) is 5.82 Å². The van der Waals surface area contributed by atoms with Crippen molar-refractivity contribution >= 4 is 23.2 Å². The van der Waals surface area contributed by atoms with Gasteiger partial charge >= 0.3 is 0 Å². The van der Waals surface area contributed by atoms with Crippen LogP contribution in [0.15, 0.2) is 34.9 Å². The fourth-order valence-corrected chi connectivity index (χ4v) is 2.18. The lowest BCUT2D eigenvalue weighted by Gasteiger charge is -2.15. The maximum absolute atomic E-state index is 13.8. The monoisotopic (exact) mass is 288 g/mol. The van der Waals surface area contributed by atoms with E-state index in [0.717, 1.165) is 0 Å². The van der Waals surface area contributed by atoms with Crippen molar-refractivity contribution < 1.29 is 8.81 Å². The smallest absolute Gasteiger partial charge is 0.197 e. The van der Waals surface area contributed by atoms with Gasteiger partial charge in [0.05, 0.1) is 17.3 Å². The van der Waals surface area contributed by atoms with E-state index in [-0.39, 0.29) is 16.3 Å². The summed E-state index contributed by atoms with van der Waals surface area (Å²) in [5.74, 6) is 5.02. The van der Waals surface area contributed by atoms with Crippen molar-refractivity contribution in [3.05, 3.63) is 57.7 Å². The molecule has 3 nitrogen and oxygen atoms in total. The third-order valence-corrected chi connectivity index (χ3v) is 3.28. The van der Waals surface area contributed by atoms with Gasteiger partial charge in [-0.25, -0.2) is 4.39 Å². The molecule has 6 heteroatoms. The first-order chi connectivity index (χ1) is 8.63. The third-order valence-electron chi connectivity index (χ3n) is 2.68. The minimum atomic E-state index is -0.445. The minimum absolute atomic E-state index is 0.0848. The zero-order chi connectivity index (χ0) is 13.1. The molecule has 0 amide bonds. The number of rotatable bonds is 4. The van der Waals surface area contributed by atoms with Crippen molar-refractivity contribution in [2.45, 2.75) is 12.5 Å². The van der Waals surface area contributed by atoms with E-state index in [1.54, 1.807) is 18.2 Å². The summed E-state index contributed by atoms with van der Waals surface area (Å²) in [7, 11) is 0. The summed E-state index contributed by atoms with van der Waals surface area (Å²) < 4.78 is 18.8. The molecular formula is C12H11Cl2FN2O. The first-order valence-corrected chi connectivity index (χ1v) is 6.01. The van der Waals surface area contributed by atoms with Crippen LogP contribution in [0.4, 0.5) is 4.39 Å². The van der Waals surface area contributed by atoms with Gasteiger partial charge in [-0.2, -0.15) is 0 Å². The van der Waals surface area contributed by atoms with Crippen LogP contribution in [0.1, 0.15) is 17.2 Å². The van der Waals surface area contributed by atoms with Gasteiger partial charge < -0.3 is 4.42 Å². The molecule has 18 heavy (non-hydrogen) atoms. The molecule has 0 bridgehead atoms. The first-order valence-electron chi connectivity index (χ1n) is 5.25. The number of benzene rings is 1. The van der Waals surface area contributed by atoms with E-state index < -0.39 is 5.82 Å². The molecule has 96 valence electrons. The Morgan fingerprint density at radius 1 is 1.33 bits per heavy atom. The second kappa shape index (κ2) is 5.71. The highest BCUT2D eigenvalue weighted by atomic mass is 35.5. The second-order valence-corrected chi connectivity index (χ2v) is 4.54. The van der Waals surface area contributed by atoms with E-state index in [9.17, 15) is 4.39 Å². The van der Waals surface area contributed by atoms with Gasteiger partial charge in [-0.3, -0.25) is 11.3 Å². The van der Waals surface area contributed by atoms with Crippen molar-refractivity contribution in [2.24, 2.45) is 5.84 Å². The number of halogens is 3. The maximum atomic E-state index is 13.8. The van der Waals surface area contributed by atoms with Crippen LogP contribution in [-0.2, 0) is 6.42 Å². The molecule has 0 aliphatic carbocycles. The molecule has 0 aliphatic heterocycles. The zero-order valence-corrected chi connectivity index (χ0v) is 10.8. The SMILES string of the molecule is NNC(Cc1cccc(Cl)c1F)c1ccoc1Cl. The lowest BCUT2D eigenvalue weighted by atomic mass is 10.0. The Morgan fingerprint density at radius 3 is 2.72 bits per heavy atom. The first kappa shape index (κ1) is 13.4. The van der Waals surface area contributed by atoms with E-state index in [4.69, 9.17) is 33.5 Å². The van der Waals surface area contributed by atoms with Gasteiger partial charge in [0.1, 0.15) is 5.82 Å². The molecule has 0 spiro atoms. The summed E-state index contributed by atoms with van der Waals surface area (Å²) in [6, 6.07) is 6.18. The largest absolute Gasteiger partial charge is 0.453 e. The lowest BCUT2D eigenvalue weighted by molar-refractivity contribution is 0.514. The number of hydrazine groups is 1. The van der Waals surface area contributed by atoms with Crippen LogP contribution in [-0.4, -0.2) is 0 Å². The molecule has 0 radical (unpaired) electrons. The lowest BCUT2D eigenvalue weighted by Crippen LogP contribution is -2.29. The van der Waals surface area contributed by atoms with Gasteiger partial charge in [0.25, 0.3) is 0 Å². The molecular weight excluding hydrogens is 278 g/mol. The summed E-state index contributed by atoms with van der Waals surface area (Å²) in [5.41, 5.74) is 3.73. The van der Waals surface area contributed by atoms with Crippen LogP contribution in [0.5, 0.6) is 0 Å². The van der Waals surface area contributed by atoms with Gasteiger partial charge in [0.15, 0.2) is 5.22 Å². The molecule has 1 aromatic heterocycles. The molecule has 1 unspecified atom stereocenters. The average Bonchev–Trinajstić information content (AvgIpc) is 2.77. The summed E-state index contributed by atoms with van der Waals surface area (Å²) in [5, 5.41) is 0.321. The summed E-state index contributed by atoms with van der Waals surface area (Å²) in [6.07, 6.45) is 1.78. The van der Waals surface area contributed by atoms with Gasteiger partial charge in [-0.1, -0.05) is 23.7 Å². The van der Waals surface area contributed by atoms with Crippen molar-refractivity contribution in [3.8, 4) is 0 Å². The molecule has 0 saturated carbocycles. The molecule has 1 atom stereocenters. The Hall–Kier alpha value is -1.07. The molecule has 1 aromatic carbocycles. The van der Waals surface area contributed by atoms with Gasteiger partial charge in [-0.15, -0.1) is 0 Å². The minimum Gasteiger partial charge on any atom is -0.453 e. The predicted octanol–water partition coefficient (Wildman–Crippen LogP) is 3.47. The van der Waals surface area contributed by atoms with E-state index in [1.165, 1.54) is 12.3 Å². The molecule has 0 saturated heterocycles. The van der Waals surface area contributed by atoms with Crippen LogP contribution >= 0.6 is 23.2 Å². The van der Waals surface area contributed by atoms with E-state index in [1.807, 2.05) is 0 Å². The average molecular weight is 289 g/mol. The van der Waals surface area contributed by atoms with E-state index >= 15 is 0 Å². The summed E-state index contributed by atoms with van der Waals surface area (Å²) in [6.45, 7) is 0. The van der Waals surface area contributed by atoms with Crippen molar-refractivity contribution in [3.63, 3.8) is 0 Å². The molecule has 0 aliphatic rings. The van der Waals surface area contributed by atoms with Crippen LogP contribution in [0.25, 0.3) is 0 Å². The second-order valence-electron chi connectivity index (χ2n) is 3.79. The number of hydrogen-bond acceptors (Lipinski definition) is 3. The Balaban J connectivity index is 2.26. The Bertz CT molecular complexity index is 545. The van der Waals surface area contributed by atoms with Gasteiger partial charge in [0.2, 0.25) is 0 Å². The number of nitrogens with one attached hydrogen (secondary N) is 1. The fraction of sp³-hybridized carbons (Fsp3) is 0.167. The van der Waals surface area contributed by atoms with Gasteiger partial charge in [-0.05, 0) is 35.7 Å². The zero-order valence-electron chi connectivity index (χ0n) is 9.29. The summed E-state index contributed by atoms with van der Waals surface area (Å²) in [4.78, 5) is 0. The van der Waals surface area contributed by atoms with Crippen molar-refractivity contribution in [2.75, 3.05) is 0 Å². The van der Waals surface area contributed by atoms with Gasteiger partial charge in [0, 0.05) is 5.56 Å². The highest BCUT2D eigenvalue weighted by Gasteiger charge is 2.18. The Kier molecular flexibility index (Phi) is 4.24. The molecule has 2 rings (SSSR count). The number of nitrogens with two attached hydrogens (primary N) is 1. The highest BCUT2D eigenvalue weighted by molar-refractivity contribution is 6.30. The Labute approximate surface area is 114 Å². The third kappa shape index (κ3) is 2.67. The standard InChI is InChI=1S/C12H11Cl2FN2O/c13-9-3-1-2-7(11(9)15)6-10(17-16)8-4-5-18-12(8)14/h1-5,10,17H,6,16H2. The van der Waals surface area contributed by atoms with Crippen LogP contribution < -0.4 is 11.3 Å². The predicted molar refractivity (Wildman–Crippen MR) is 68.9 cm³/mol. The molecule has 0 fully saturated rings. The normalized spacial score (nSPS) is 12.7. The van der Waals surface area contributed by atoms with E-state index in [2.05, 4.69) is 5.43 Å². The quantitative estimate of drug-likeness (QED) is 0.669. The van der Waals surface area contributed by atoms with Crippen molar-refractivity contribution in [1.29, 1.82) is 0 Å². The summed E-state index contributed by atoms with van der Waals surface area (Å²) >= 11 is 11.6. The van der Waals surface area contributed by atoms with E-state index in [0.29, 0.717) is 17.5 Å². The Morgan fingerprint density at radius 2 is 2.11 bits per heavy atom. The fourth-order valence-electron chi connectivity index (χ4n) is 1.74. The molecule has 2 aromatic rings. The van der Waals surface area contributed by atoms with Crippen LogP contribution in [0.2, 0.25) is 10.2 Å². The van der Waals surface area contributed by atoms with Crippen LogP contribution in [0.3, 0.4) is 0 Å². The maximum Gasteiger partial charge on any atom is 0.197 e. The number of hydrogen-bond donors (Lipinski definition) is 2. The number of furan rings is 1.